The summed E-state index contributed by atoms with van der Waals surface area (Å²) in [4.78, 5) is 17.4. The smallest absolute Gasteiger partial charge is 0.243 e. The highest BCUT2D eigenvalue weighted by Crippen LogP contribution is 2.33. The van der Waals surface area contributed by atoms with E-state index in [1.165, 1.54) is 9.87 Å². The summed E-state index contributed by atoms with van der Waals surface area (Å²) in [5.41, 5.74) is 2.31. The van der Waals surface area contributed by atoms with E-state index in [4.69, 9.17) is 14.2 Å². The Morgan fingerprint density at radius 3 is 2.42 bits per heavy atom. The molecule has 1 N–H and O–H groups in total. The number of hydrogen-bond acceptors (Lipinski definition) is 8. The fourth-order valence-electron chi connectivity index (χ4n) is 4.69. The first-order valence-corrected chi connectivity index (χ1v) is 13.6. The van der Waals surface area contributed by atoms with Crippen LogP contribution in [0.1, 0.15) is 11.1 Å². The molecule has 0 spiro atoms. The summed E-state index contributed by atoms with van der Waals surface area (Å²) in [6, 6.07) is 11.1. The van der Waals surface area contributed by atoms with Crippen LogP contribution in [0, 0.1) is 6.92 Å². The summed E-state index contributed by atoms with van der Waals surface area (Å²) in [7, 11) is -3.64. The molecule has 0 saturated carbocycles. The number of rotatable bonds is 7. The Morgan fingerprint density at radius 1 is 0.917 bits per heavy atom. The van der Waals surface area contributed by atoms with Gasteiger partial charge < -0.3 is 19.5 Å². The number of ether oxygens (including phenoxy) is 3. The van der Waals surface area contributed by atoms with E-state index in [1.807, 2.05) is 12.1 Å². The number of amides is 1. The minimum atomic E-state index is -3.64. The van der Waals surface area contributed by atoms with Gasteiger partial charge in [0, 0.05) is 51.5 Å². The van der Waals surface area contributed by atoms with Crippen LogP contribution in [-0.2, 0) is 26.1 Å². The topological polar surface area (TPSA) is 101 Å². The fraction of sp³-hybridized carbons (Fsp3) is 0.480. The molecular weight excluding hydrogens is 484 g/mol. The Labute approximate surface area is 211 Å². The minimum absolute atomic E-state index is 0.155. The molecule has 10 nitrogen and oxygen atoms in total. The van der Waals surface area contributed by atoms with E-state index in [9.17, 15) is 13.2 Å². The zero-order valence-electron chi connectivity index (χ0n) is 20.4. The van der Waals surface area contributed by atoms with Gasteiger partial charge in [-0.15, -0.1) is 0 Å². The molecule has 2 fully saturated rings. The number of nitrogens with zero attached hydrogens (tertiary/aromatic N) is 3. The molecule has 2 saturated heterocycles. The second kappa shape index (κ2) is 10.7. The summed E-state index contributed by atoms with van der Waals surface area (Å²) in [6.45, 7) is 7.83. The van der Waals surface area contributed by atoms with Gasteiger partial charge in [0.25, 0.3) is 0 Å². The van der Waals surface area contributed by atoms with Gasteiger partial charge in [0.15, 0.2) is 11.5 Å². The maximum atomic E-state index is 13.1. The summed E-state index contributed by atoms with van der Waals surface area (Å²) in [5, 5.41) is 2.88. The van der Waals surface area contributed by atoms with E-state index in [-0.39, 0.29) is 24.1 Å². The molecule has 3 aliphatic rings. The van der Waals surface area contributed by atoms with Gasteiger partial charge in [0.05, 0.1) is 24.7 Å². The van der Waals surface area contributed by atoms with Crippen LogP contribution < -0.4 is 14.8 Å². The van der Waals surface area contributed by atoms with E-state index < -0.39 is 10.0 Å². The molecule has 0 unspecified atom stereocenters. The Bertz CT molecular complexity index is 1210. The number of hydrogen-bond donors (Lipinski definition) is 1. The fourth-order valence-corrected chi connectivity index (χ4v) is 6.35. The number of anilines is 1. The van der Waals surface area contributed by atoms with Crippen LogP contribution in [0.4, 0.5) is 5.69 Å². The lowest BCUT2D eigenvalue weighted by atomic mass is 10.1. The minimum Gasteiger partial charge on any atom is -0.454 e. The van der Waals surface area contributed by atoms with Crippen molar-refractivity contribution in [2.45, 2.75) is 18.4 Å². The third kappa shape index (κ3) is 5.65. The van der Waals surface area contributed by atoms with Crippen LogP contribution in [0.3, 0.4) is 0 Å². The lowest BCUT2D eigenvalue weighted by molar-refractivity contribution is -0.117. The standard InChI is InChI=1S/C25H32N4O6S/c1-19-2-4-21(15-24(19)36(31,32)29-10-12-33-13-11-29)26-25(30)17-28-8-6-27(7-9-28)16-20-3-5-22-23(14-20)35-18-34-22/h2-5,14-15H,6-13,16-18H2,1H3,(H,26,30). The van der Waals surface area contributed by atoms with Crippen molar-refractivity contribution in [2.24, 2.45) is 0 Å². The molecule has 0 aliphatic carbocycles. The van der Waals surface area contributed by atoms with Crippen LogP contribution in [0.2, 0.25) is 0 Å². The second-order valence-electron chi connectivity index (χ2n) is 9.28. The predicted octanol–water partition coefficient (Wildman–Crippen LogP) is 1.50. The first kappa shape index (κ1) is 25.0. The van der Waals surface area contributed by atoms with Crippen molar-refractivity contribution in [1.82, 2.24) is 14.1 Å². The molecule has 0 aromatic heterocycles. The third-order valence-corrected chi connectivity index (χ3v) is 8.78. The van der Waals surface area contributed by atoms with Gasteiger partial charge in [-0.25, -0.2) is 8.42 Å². The SMILES string of the molecule is Cc1ccc(NC(=O)CN2CCN(Cc3ccc4c(c3)OCO4)CC2)cc1S(=O)(=O)N1CCOCC1. The number of piperazine rings is 1. The number of carbonyl (C=O) groups excluding carboxylic acids is 1. The van der Waals surface area contributed by atoms with Crippen molar-refractivity contribution in [2.75, 3.05) is 71.1 Å². The number of nitrogens with one attached hydrogen (secondary N) is 1. The third-order valence-electron chi connectivity index (χ3n) is 6.74. The largest absolute Gasteiger partial charge is 0.454 e. The number of carbonyl (C=O) groups is 1. The molecule has 5 rings (SSSR count). The number of benzene rings is 2. The first-order valence-electron chi connectivity index (χ1n) is 12.2. The summed E-state index contributed by atoms with van der Waals surface area (Å²) < 4.78 is 43.8. The van der Waals surface area contributed by atoms with Crippen molar-refractivity contribution in [3.05, 3.63) is 47.5 Å². The Balaban J connectivity index is 1.13. The van der Waals surface area contributed by atoms with E-state index in [0.717, 1.165) is 44.2 Å². The quantitative estimate of drug-likeness (QED) is 0.591. The maximum absolute atomic E-state index is 13.1. The van der Waals surface area contributed by atoms with Gasteiger partial charge in [0.2, 0.25) is 22.7 Å². The van der Waals surface area contributed by atoms with Crippen molar-refractivity contribution in [3.63, 3.8) is 0 Å². The molecular formula is C25H32N4O6S. The lowest BCUT2D eigenvalue weighted by Crippen LogP contribution is -2.48. The molecule has 1 amide bonds. The van der Waals surface area contributed by atoms with Gasteiger partial charge in [0.1, 0.15) is 0 Å². The normalized spacial score (nSPS) is 19.4. The molecule has 0 atom stereocenters. The van der Waals surface area contributed by atoms with Gasteiger partial charge in [-0.3, -0.25) is 14.6 Å². The predicted molar refractivity (Wildman–Crippen MR) is 134 cm³/mol. The lowest BCUT2D eigenvalue weighted by Gasteiger charge is -2.34. The number of aryl methyl sites for hydroxylation is 1. The molecule has 0 radical (unpaired) electrons. The molecule has 0 bridgehead atoms. The molecule has 11 heteroatoms. The monoisotopic (exact) mass is 516 g/mol. The molecule has 3 heterocycles. The number of sulfonamides is 1. The van der Waals surface area contributed by atoms with Crippen LogP contribution in [0.15, 0.2) is 41.3 Å². The van der Waals surface area contributed by atoms with E-state index in [2.05, 4.69) is 21.2 Å². The van der Waals surface area contributed by atoms with E-state index in [1.54, 1.807) is 25.1 Å². The van der Waals surface area contributed by atoms with Crippen LogP contribution in [0.5, 0.6) is 11.5 Å². The number of morpholine rings is 1. The molecule has 3 aliphatic heterocycles. The van der Waals surface area contributed by atoms with E-state index >= 15 is 0 Å². The van der Waals surface area contributed by atoms with Crippen LogP contribution in [0.25, 0.3) is 0 Å². The van der Waals surface area contributed by atoms with Crippen LogP contribution in [-0.4, -0.2) is 94.3 Å². The zero-order chi connectivity index (χ0) is 25.1. The highest BCUT2D eigenvalue weighted by Gasteiger charge is 2.28. The molecule has 2 aromatic rings. The Kier molecular flexibility index (Phi) is 7.44. The zero-order valence-corrected chi connectivity index (χ0v) is 21.3. The average Bonchev–Trinajstić information content (AvgIpc) is 3.35. The highest BCUT2D eigenvalue weighted by atomic mass is 32.2. The van der Waals surface area contributed by atoms with Crippen molar-refractivity contribution in [3.8, 4) is 11.5 Å². The van der Waals surface area contributed by atoms with Crippen molar-refractivity contribution in [1.29, 1.82) is 0 Å². The maximum Gasteiger partial charge on any atom is 0.243 e. The summed E-state index contributed by atoms with van der Waals surface area (Å²) in [6.07, 6.45) is 0. The average molecular weight is 517 g/mol. The summed E-state index contributed by atoms with van der Waals surface area (Å²) in [5.74, 6) is 1.42. The first-order chi connectivity index (χ1) is 17.4. The molecule has 2 aromatic carbocycles. The van der Waals surface area contributed by atoms with Gasteiger partial charge in [-0.05, 0) is 42.3 Å². The van der Waals surface area contributed by atoms with Gasteiger partial charge in [-0.1, -0.05) is 12.1 Å². The highest BCUT2D eigenvalue weighted by molar-refractivity contribution is 7.89. The Hall–Kier alpha value is -2.70. The van der Waals surface area contributed by atoms with Gasteiger partial charge in [-0.2, -0.15) is 4.31 Å². The molecule has 36 heavy (non-hydrogen) atoms. The molecule has 194 valence electrons. The Morgan fingerprint density at radius 2 is 1.64 bits per heavy atom. The number of fused-ring (bicyclic) bond motifs is 1. The van der Waals surface area contributed by atoms with Crippen LogP contribution >= 0.6 is 0 Å². The van der Waals surface area contributed by atoms with E-state index in [0.29, 0.717) is 37.6 Å². The second-order valence-corrected chi connectivity index (χ2v) is 11.2. The van der Waals surface area contributed by atoms with Crippen molar-refractivity contribution >= 4 is 21.6 Å². The summed E-state index contributed by atoms with van der Waals surface area (Å²) >= 11 is 0. The van der Waals surface area contributed by atoms with Gasteiger partial charge >= 0.3 is 0 Å². The van der Waals surface area contributed by atoms with Crippen molar-refractivity contribution < 1.29 is 27.4 Å².